The van der Waals surface area contributed by atoms with Crippen molar-refractivity contribution in [3.05, 3.63) is 53.7 Å². The van der Waals surface area contributed by atoms with Crippen LogP contribution >= 0.6 is 0 Å². The molecule has 1 aliphatic heterocycles. The van der Waals surface area contributed by atoms with Gasteiger partial charge in [0.05, 0.1) is 18.2 Å². The number of H-pyrrole nitrogens is 1. The first-order chi connectivity index (χ1) is 13.6. The molecule has 4 rings (SSSR count). The Morgan fingerprint density at radius 1 is 1.32 bits per heavy atom. The second-order valence-corrected chi connectivity index (χ2v) is 6.85. The molecule has 3 heterocycles. The second kappa shape index (κ2) is 7.47. The van der Waals surface area contributed by atoms with Crippen molar-refractivity contribution in [2.24, 2.45) is 0 Å². The fourth-order valence-corrected chi connectivity index (χ4v) is 3.64. The molecule has 0 radical (unpaired) electrons. The van der Waals surface area contributed by atoms with Crippen molar-refractivity contribution in [3.63, 3.8) is 0 Å². The zero-order chi connectivity index (χ0) is 19.7. The second-order valence-electron chi connectivity index (χ2n) is 6.85. The fraction of sp³-hybridized carbons (Fsp3) is 0.350. The lowest BCUT2D eigenvalue weighted by molar-refractivity contribution is 0.0640. The number of aromatic amines is 1. The summed E-state index contributed by atoms with van der Waals surface area (Å²) in [7, 11) is 1.59. The van der Waals surface area contributed by atoms with Crippen LogP contribution in [0.5, 0.6) is 0 Å². The molecule has 0 spiro atoms. The normalized spacial score (nSPS) is 16.2. The van der Waals surface area contributed by atoms with Crippen molar-refractivity contribution in [2.75, 3.05) is 26.8 Å². The molecule has 1 aromatic carbocycles. The summed E-state index contributed by atoms with van der Waals surface area (Å²) >= 11 is 0. The molecule has 0 saturated carbocycles. The molecule has 3 aromatic rings. The van der Waals surface area contributed by atoms with Gasteiger partial charge in [0, 0.05) is 50.0 Å². The minimum atomic E-state index is -0.236. The number of nitrogens with zero attached hydrogens (tertiary/aromatic N) is 3. The Labute approximate surface area is 162 Å². The topological polar surface area (TPSA) is 92.2 Å². The first kappa shape index (κ1) is 18.2. The maximum absolute atomic E-state index is 13.2. The van der Waals surface area contributed by atoms with E-state index in [-0.39, 0.29) is 17.9 Å². The Balaban J connectivity index is 1.55. The lowest BCUT2D eigenvalue weighted by atomic mass is 10.1. The van der Waals surface area contributed by atoms with E-state index in [9.17, 15) is 9.59 Å². The Bertz CT molecular complexity index is 1020. The number of ether oxygens (including phenoxy) is 1. The van der Waals surface area contributed by atoms with Gasteiger partial charge >= 0.3 is 0 Å². The number of fused-ring (bicyclic) bond motifs is 2. The SMILES string of the molecule is COCCNC(=O)c1cn2c(n1)C(C)N(C(=O)c1c[nH]c3ccccc13)CC2. The zero-order valence-corrected chi connectivity index (χ0v) is 15.9. The predicted molar refractivity (Wildman–Crippen MR) is 104 cm³/mol. The smallest absolute Gasteiger partial charge is 0.271 e. The summed E-state index contributed by atoms with van der Waals surface area (Å²) in [6.07, 6.45) is 3.51. The van der Waals surface area contributed by atoms with Gasteiger partial charge in [0.25, 0.3) is 11.8 Å². The molecule has 0 bridgehead atoms. The van der Waals surface area contributed by atoms with Gasteiger partial charge < -0.3 is 24.5 Å². The molecular formula is C20H23N5O3. The van der Waals surface area contributed by atoms with Crippen LogP contribution < -0.4 is 5.32 Å². The molecule has 8 heteroatoms. The van der Waals surface area contributed by atoms with Crippen LogP contribution in [-0.2, 0) is 11.3 Å². The third kappa shape index (κ3) is 3.16. The lowest BCUT2D eigenvalue weighted by Gasteiger charge is -2.33. The average Bonchev–Trinajstić information content (AvgIpc) is 3.33. The Morgan fingerprint density at radius 3 is 2.96 bits per heavy atom. The summed E-state index contributed by atoms with van der Waals surface area (Å²) in [5.41, 5.74) is 1.95. The Morgan fingerprint density at radius 2 is 2.14 bits per heavy atom. The van der Waals surface area contributed by atoms with Gasteiger partial charge in [-0.2, -0.15) is 0 Å². The molecule has 8 nitrogen and oxygen atoms in total. The maximum atomic E-state index is 13.2. The molecule has 146 valence electrons. The Kier molecular flexibility index (Phi) is 4.87. The van der Waals surface area contributed by atoms with Gasteiger partial charge in [0.15, 0.2) is 0 Å². The number of amides is 2. The number of carbonyl (C=O) groups is 2. The molecule has 1 aliphatic rings. The molecule has 0 fully saturated rings. The van der Waals surface area contributed by atoms with Crippen molar-refractivity contribution < 1.29 is 14.3 Å². The van der Waals surface area contributed by atoms with Crippen molar-refractivity contribution in [1.82, 2.24) is 24.8 Å². The van der Waals surface area contributed by atoms with Crippen LogP contribution in [0.25, 0.3) is 10.9 Å². The summed E-state index contributed by atoms with van der Waals surface area (Å²) in [6.45, 7) is 3.98. The molecular weight excluding hydrogens is 358 g/mol. The summed E-state index contributed by atoms with van der Waals surface area (Å²) < 4.78 is 6.90. The number of para-hydroxylation sites is 1. The lowest BCUT2D eigenvalue weighted by Crippen LogP contribution is -2.41. The van der Waals surface area contributed by atoms with E-state index in [1.165, 1.54) is 0 Å². The highest BCUT2D eigenvalue weighted by atomic mass is 16.5. The molecule has 1 atom stereocenters. The van der Waals surface area contributed by atoms with Crippen LogP contribution in [0.15, 0.2) is 36.7 Å². The summed E-state index contributed by atoms with van der Waals surface area (Å²) in [4.78, 5) is 34.9. The van der Waals surface area contributed by atoms with E-state index in [1.54, 1.807) is 19.5 Å². The van der Waals surface area contributed by atoms with Gasteiger partial charge in [-0.3, -0.25) is 9.59 Å². The zero-order valence-electron chi connectivity index (χ0n) is 15.9. The number of rotatable bonds is 5. The van der Waals surface area contributed by atoms with Crippen LogP contribution in [0.2, 0.25) is 0 Å². The van der Waals surface area contributed by atoms with Crippen molar-refractivity contribution in [2.45, 2.75) is 19.5 Å². The van der Waals surface area contributed by atoms with E-state index < -0.39 is 0 Å². The number of hydrogen-bond acceptors (Lipinski definition) is 4. The minimum Gasteiger partial charge on any atom is -0.383 e. The quantitative estimate of drug-likeness (QED) is 0.661. The molecule has 2 N–H and O–H groups in total. The summed E-state index contributed by atoms with van der Waals surface area (Å²) in [5.74, 6) is 0.447. The minimum absolute atomic E-state index is 0.0368. The van der Waals surface area contributed by atoms with Crippen molar-refractivity contribution >= 4 is 22.7 Å². The number of nitrogens with one attached hydrogen (secondary N) is 2. The van der Waals surface area contributed by atoms with Gasteiger partial charge in [-0.05, 0) is 13.0 Å². The predicted octanol–water partition coefficient (Wildman–Crippen LogP) is 1.96. The van der Waals surface area contributed by atoms with Gasteiger partial charge in [-0.25, -0.2) is 4.98 Å². The number of hydrogen-bond donors (Lipinski definition) is 2. The number of methoxy groups -OCH3 is 1. The van der Waals surface area contributed by atoms with Gasteiger partial charge in [0.2, 0.25) is 0 Å². The average molecular weight is 381 g/mol. The molecule has 0 saturated heterocycles. The molecule has 0 aliphatic carbocycles. The van der Waals surface area contributed by atoms with E-state index in [0.29, 0.717) is 37.5 Å². The van der Waals surface area contributed by atoms with Crippen LogP contribution in [0, 0.1) is 0 Å². The highest BCUT2D eigenvalue weighted by Crippen LogP contribution is 2.28. The van der Waals surface area contributed by atoms with Crippen molar-refractivity contribution in [3.8, 4) is 0 Å². The molecule has 2 amide bonds. The van der Waals surface area contributed by atoms with E-state index >= 15 is 0 Å². The third-order valence-electron chi connectivity index (χ3n) is 5.14. The highest BCUT2D eigenvalue weighted by Gasteiger charge is 2.32. The third-order valence-corrected chi connectivity index (χ3v) is 5.14. The van der Waals surface area contributed by atoms with Crippen LogP contribution in [-0.4, -0.2) is 58.1 Å². The van der Waals surface area contributed by atoms with E-state index in [0.717, 1.165) is 16.7 Å². The van der Waals surface area contributed by atoms with E-state index in [4.69, 9.17) is 4.74 Å². The number of benzene rings is 1. The summed E-state index contributed by atoms with van der Waals surface area (Å²) in [6, 6.07) is 7.53. The first-order valence-corrected chi connectivity index (χ1v) is 9.31. The number of imidazole rings is 1. The van der Waals surface area contributed by atoms with E-state index in [2.05, 4.69) is 15.3 Å². The number of aromatic nitrogens is 3. The van der Waals surface area contributed by atoms with Crippen molar-refractivity contribution in [1.29, 1.82) is 0 Å². The van der Waals surface area contributed by atoms with E-state index in [1.807, 2.05) is 40.7 Å². The Hall–Kier alpha value is -3.13. The van der Waals surface area contributed by atoms with Crippen LogP contribution in [0.1, 0.15) is 39.6 Å². The van der Waals surface area contributed by atoms with Crippen LogP contribution in [0.4, 0.5) is 0 Å². The number of carbonyl (C=O) groups excluding carboxylic acids is 2. The molecule has 1 unspecified atom stereocenters. The fourth-order valence-electron chi connectivity index (χ4n) is 3.64. The first-order valence-electron chi connectivity index (χ1n) is 9.31. The molecule has 2 aromatic heterocycles. The monoisotopic (exact) mass is 381 g/mol. The largest absolute Gasteiger partial charge is 0.383 e. The van der Waals surface area contributed by atoms with Gasteiger partial charge in [-0.1, -0.05) is 18.2 Å². The van der Waals surface area contributed by atoms with Gasteiger partial charge in [0.1, 0.15) is 11.5 Å². The highest BCUT2D eigenvalue weighted by molar-refractivity contribution is 6.06. The summed E-state index contributed by atoms with van der Waals surface area (Å²) in [5, 5.41) is 3.68. The maximum Gasteiger partial charge on any atom is 0.271 e. The van der Waals surface area contributed by atoms with Gasteiger partial charge in [-0.15, -0.1) is 0 Å². The van der Waals surface area contributed by atoms with Crippen LogP contribution in [0.3, 0.4) is 0 Å². The standard InChI is InChI=1S/C20H23N5O3/c1-13-18-23-17(19(26)21-7-10-28-2)12-24(18)8-9-25(13)20(27)15-11-22-16-6-4-3-5-14(15)16/h3-6,11-13,22H,7-10H2,1-2H3,(H,21,26). The molecule has 28 heavy (non-hydrogen) atoms.